The van der Waals surface area contributed by atoms with Crippen molar-refractivity contribution in [3.63, 3.8) is 0 Å². The predicted octanol–water partition coefficient (Wildman–Crippen LogP) is 6.64. The zero-order chi connectivity index (χ0) is 18.0. The third kappa shape index (κ3) is 5.21. The van der Waals surface area contributed by atoms with Crippen molar-refractivity contribution >= 4 is 0 Å². The first-order chi connectivity index (χ1) is 11.1. The van der Waals surface area contributed by atoms with E-state index in [9.17, 15) is 0 Å². The minimum atomic E-state index is 0.317. The van der Waals surface area contributed by atoms with Crippen LogP contribution in [0.25, 0.3) is 0 Å². The summed E-state index contributed by atoms with van der Waals surface area (Å²) in [5.41, 5.74) is 0.903. The Kier molecular flexibility index (Phi) is 6.81. The second-order valence-corrected chi connectivity index (χ2v) is 10.7. The van der Waals surface area contributed by atoms with Crippen molar-refractivity contribution in [3.05, 3.63) is 0 Å². The van der Waals surface area contributed by atoms with Crippen molar-refractivity contribution in [3.8, 4) is 0 Å². The van der Waals surface area contributed by atoms with Crippen molar-refractivity contribution < 1.29 is 9.78 Å². The van der Waals surface area contributed by atoms with Crippen molar-refractivity contribution in [1.29, 1.82) is 0 Å². The summed E-state index contributed by atoms with van der Waals surface area (Å²) in [6.45, 7) is 14.4. The molecule has 0 N–H and O–H groups in total. The van der Waals surface area contributed by atoms with Gasteiger partial charge in [-0.05, 0) is 85.9 Å². The zero-order valence-corrected chi connectivity index (χ0v) is 17.4. The van der Waals surface area contributed by atoms with Crippen LogP contribution in [0.4, 0.5) is 0 Å². The highest BCUT2D eigenvalue weighted by Crippen LogP contribution is 2.46. The number of rotatable bonds is 4. The van der Waals surface area contributed by atoms with E-state index in [-0.39, 0.29) is 0 Å². The second kappa shape index (κ2) is 8.08. The molecule has 0 aliphatic heterocycles. The fourth-order valence-electron chi connectivity index (χ4n) is 5.28. The van der Waals surface area contributed by atoms with Crippen LogP contribution in [0.5, 0.6) is 0 Å². The molecule has 2 aliphatic carbocycles. The van der Waals surface area contributed by atoms with Gasteiger partial charge < -0.3 is 0 Å². The van der Waals surface area contributed by atoms with E-state index >= 15 is 0 Å². The molecule has 0 aromatic rings. The number of hydrogen-bond donors (Lipinski definition) is 0. The van der Waals surface area contributed by atoms with Crippen LogP contribution in [0.2, 0.25) is 0 Å². The highest BCUT2D eigenvalue weighted by atomic mass is 17.2. The maximum absolute atomic E-state index is 5.86. The van der Waals surface area contributed by atoms with Crippen LogP contribution in [0.1, 0.15) is 92.9 Å². The van der Waals surface area contributed by atoms with Gasteiger partial charge in [-0.2, -0.15) is 0 Å². The summed E-state index contributed by atoms with van der Waals surface area (Å²) >= 11 is 0. The molecule has 142 valence electrons. The maximum atomic E-state index is 5.86. The monoisotopic (exact) mass is 338 g/mol. The van der Waals surface area contributed by atoms with Crippen molar-refractivity contribution in [2.45, 2.75) is 99.0 Å². The van der Waals surface area contributed by atoms with E-state index in [0.29, 0.717) is 28.8 Å². The summed E-state index contributed by atoms with van der Waals surface area (Å²) in [4.78, 5) is 11.1. The summed E-state index contributed by atoms with van der Waals surface area (Å²) in [5, 5.41) is 0. The van der Waals surface area contributed by atoms with E-state index in [0.717, 1.165) is 11.8 Å². The molecule has 0 aromatic heterocycles. The van der Waals surface area contributed by atoms with Crippen LogP contribution >= 0.6 is 0 Å². The van der Waals surface area contributed by atoms with Gasteiger partial charge in [0, 0.05) is 0 Å². The van der Waals surface area contributed by atoms with Gasteiger partial charge in [0.2, 0.25) is 0 Å². The standard InChI is InChI=1S/C22H42O2/c1-21(2,3)18-12-8-16(9-13-18)20(24-23-7)17-10-14-19(15-11-17)22(4,5)6/h16-20H,8-15H2,1-7H3. The minimum absolute atomic E-state index is 0.317. The molecule has 0 spiro atoms. The largest absolute Gasteiger partial charge is 0.240 e. The Bertz CT molecular complexity index is 326. The summed E-state index contributed by atoms with van der Waals surface area (Å²) in [6.07, 6.45) is 11.0. The normalized spacial score (nSPS) is 34.1. The fraction of sp³-hybridized carbons (Fsp3) is 1.00. The summed E-state index contributed by atoms with van der Waals surface area (Å²) in [6, 6.07) is 0. The van der Waals surface area contributed by atoms with Gasteiger partial charge in [-0.25, -0.2) is 9.78 Å². The van der Waals surface area contributed by atoms with Gasteiger partial charge in [0.25, 0.3) is 0 Å². The molecule has 0 radical (unpaired) electrons. The van der Waals surface area contributed by atoms with Crippen LogP contribution in [0.3, 0.4) is 0 Å². The molecule has 2 aliphatic rings. The molecule has 2 heteroatoms. The van der Waals surface area contributed by atoms with Gasteiger partial charge >= 0.3 is 0 Å². The molecule has 0 atom stereocenters. The topological polar surface area (TPSA) is 18.5 Å². The van der Waals surface area contributed by atoms with Crippen LogP contribution in [0.15, 0.2) is 0 Å². The zero-order valence-electron chi connectivity index (χ0n) is 17.4. The predicted molar refractivity (Wildman–Crippen MR) is 102 cm³/mol. The molecule has 2 saturated carbocycles. The summed E-state index contributed by atoms with van der Waals surface area (Å²) in [5.74, 6) is 3.13. The lowest BCUT2D eigenvalue weighted by atomic mass is 9.64. The maximum Gasteiger partial charge on any atom is 0.0985 e. The Balaban J connectivity index is 1.91. The molecule has 2 nitrogen and oxygen atoms in total. The van der Waals surface area contributed by atoms with Gasteiger partial charge in [0.15, 0.2) is 0 Å². The highest BCUT2D eigenvalue weighted by molar-refractivity contribution is 4.89. The molecule has 0 saturated heterocycles. The summed E-state index contributed by atoms with van der Waals surface area (Å²) in [7, 11) is 1.69. The SMILES string of the molecule is COOC(C1CCC(C(C)(C)C)CC1)C1CCC(C(C)(C)C)CC1. The molecule has 0 bridgehead atoms. The lowest BCUT2D eigenvalue weighted by Gasteiger charge is -2.43. The van der Waals surface area contributed by atoms with Crippen molar-refractivity contribution in [2.75, 3.05) is 7.11 Å². The van der Waals surface area contributed by atoms with Crippen LogP contribution in [-0.2, 0) is 9.78 Å². The van der Waals surface area contributed by atoms with Gasteiger partial charge in [-0.1, -0.05) is 41.5 Å². The average Bonchev–Trinajstić information content (AvgIpc) is 2.51. The lowest BCUT2D eigenvalue weighted by molar-refractivity contribution is -0.329. The van der Waals surface area contributed by atoms with Crippen LogP contribution in [0, 0.1) is 34.5 Å². The Morgan fingerprint density at radius 2 is 0.958 bits per heavy atom. The molecule has 24 heavy (non-hydrogen) atoms. The Hall–Kier alpha value is -0.0800. The smallest absolute Gasteiger partial charge is 0.0985 e. The Morgan fingerprint density at radius 3 is 1.21 bits per heavy atom. The van der Waals surface area contributed by atoms with Crippen molar-refractivity contribution in [2.24, 2.45) is 34.5 Å². The molecule has 0 amide bonds. The van der Waals surface area contributed by atoms with E-state index in [1.165, 1.54) is 51.4 Å². The molecule has 0 unspecified atom stereocenters. The molecule has 2 fully saturated rings. The first-order valence-electron chi connectivity index (χ1n) is 10.3. The third-order valence-electron chi connectivity index (χ3n) is 7.13. The lowest BCUT2D eigenvalue weighted by Crippen LogP contribution is -2.39. The van der Waals surface area contributed by atoms with E-state index in [4.69, 9.17) is 9.78 Å². The molecular weight excluding hydrogens is 296 g/mol. The highest BCUT2D eigenvalue weighted by Gasteiger charge is 2.39. The van der Waals surface area contributed by atoms with E-state index < -0.39 is 0 Å². The molecule has 0 heterocycles. The molecule has 0 aromatic carbocycles. The van der Waals surface area contributed by atoms with E-state index in [1.54, 1.807) is 7.11 Å². The first-order valence-corrected chi connectivity index (χ1v) is 10.3. The summed E-state index contributed by atoms with van der Waals surface area (Å²) < 4.78 is 0. The Morgan fingerprint density at radius 1 is 0.625 bits per heavy atom. The van der Waals surface area contributed by atoms with Crippen molar-refractivity contribution in [1.82, 2.24) is 0 Å². The van der Waals surface area contributed by atoms with Crippen LogP contribution in [-0.4, -0.2) is 13.2 Å². The van der Waals surface area contributed by atoms with Gasteiger partial charge in [0.1, 0.15) is 0 Å². The first kappa shape index (κ1) is 20.2. The number of hydrogen-bond acceptors (Lipinski definition) is 2. The average molecular weight is 339 g/mol. The van der Waals surface area contributed by atoms with E-state index in [2.05, 4.69) is 41.5 Å². The van der Waals surface area contributed by atoms with Gasteiger partial charge in [0.05, 0.1) is 13.2 Å². The molecular formula is C22H42O2. The fourth-order valence-corrected chi connectivity index (χ4v) is 5.28. The Labute approximate surface area is 151 Å². The third-order valence-corrected chi connectivity index (χ3v) is 7.13. The van der Waals surface area contributed by atoms with Gasteiger partial charge in [-0.15, -0.1) is 0 Å². The van der Waals surface area contributed by atoms with Crippen LogP contribution < -0.4 is 0 Å². The minimum Gasteiger partial charge on any atom is -0.240 e. The molecule has 2 rings (SSSR count). The van der Waals surface area contributed by atoms with E-state index in [1.807, 2.05) is 0 Å². The van der Waals surface area contributed by atoms with Gasteiger partial charge in [-0.3, -0.25) is 0 Å². The quantitative estimate of drug-likeness (QED) is 0.422. The second-order valence-electron chi connectivity index (χ2n) is 10.7.